The highest BCUT2D eigenvalue weighted by atomic mass is 35.5. The van der Waals surface area contributed by atoms with Gasteiger partial charge in [0, 0.05) is 40.4 Å². The fraction of sp³-hybridized carbons (Fsp3) is 0.154. The van der Waals surface area contributed by atoms with Crippen LogP contribution in [0.3, 0.4) is 0 Å². The van der Waals surface area contributed by atoms with Crippen LogP contribution in [0.15, 0.2) is 71.5 Å². The number of halogens is 4. The second-order valence-corrected chi connectivity index (χ2v) is 8.47. The van der Waals surface area contributed by atoms with Gasteiger partial charge in [0.25, 0.3) is 11.7 Å². The minimum atomic E-state index is -4.88. The molecule has 0 atom stereocenters. The number of ether oxygens (including phenoxy) is 1. The van der Waals surface area contributed by atoms with Crippen LogP contribution in [0, 0.1) is 0 Å². The Kier molecular flexibility index (Phi) is 6.43. The van der Waals surface area contributed by atoms with Crippen molar-refractivity contribution in [2.45, 2.75) is 19.6 Å². The van der Waals surface area contributed by atoms with E-state index in [4.69, 9.17) is 20.9 Å². The van der Waals surface area contributed by atoms with Crippen molar-refractivity contribution in [2.75, 3.05) is 6.61 Å². The normalized spacial score (nSPS) is 11.7. The number of carbonyl (C=O) groups is 1. The molecule has 0 saturated carbocycles. The number of rotatable bonds is 7. The number of ketones is 1. The highest BCUT2D eigenvalue weighted by Gasteiger charge is 2.42. The first-order valence-electron chi connectivity index (χ1n) is 11.2. The lowest BCUT2D eigenvalue weighted by atomic mass is 10.1. The molecule has 0 radical (unpaired) electrons. The van der Waals surface area contributed by atoms with Gasteiger partial charge in [-0.1, -0.05) is 28.9 Å². The summed E-state index contributed by atoms with van der Waals surface area (Å²) in [5.74, 6) is -1.23. The highest BCUT2D eigenvalue weighted by Crippen LogP contribution is 2.41. The van der Waals surface area contributed by atoms with Gasteiger partial charge >= 0.3 is 6.18 Å². The van der Waals surface area contributed by atoms with E-state index in [0.29, 0.717) is 28.5 Å². The van der Waals surface area contributed by atoms with Crippen LogP contribution >= 0.6 is 11.6 Å². The van der Waals surface area contributed by atoms with Crippen LogP contribution in [0.2, 0.25) is 5.02 Å². The van der Waals surface area contributed by atoms with E-state index in [2.05, 4.69) is 15.1 Å². The van der Waals surface area contributed by atoms with Crippen LogP contribution in [-0.2, 0) is 12.7 Å². The second-order valence-electron chi connectivity index (χ2n) is 8.03. The van der Waals surface area contributed by atoms with Gasteiger partial charge in [-0.25, -0.2) is 0 Å². The summed E-state index contributed by atoms with van der Waals surface area (Å²) in [4.78, 5) is 21.5. The fourth-order valence-electron chi connectivity index (χ4n) is 4.09. The van der Waals surface area contributed by atoms with Gasteiger partial charge in [0.1, 0.15) is 11.4 Å². The molecule has 0 amide bonds. The quantitative estimate of drug-likeness (QED) is 0.227. The first-order chi connectivity index (χ1) is 17.8. The van der Waals surface area contributed by atoms with Gasteiger partial charge in [-0.2, -0.15) is 18.2 Å². The summed E-state index contributed by atoms with van der Waals surface area (Å²) in [5, 5.41) is 4.29. The minimum absolute atomic E-state index is 0.0548. The average Bonchev–Trinajstić information content (AvgIpc) is 3.49. The van der Waals surface area contributed by atoms with Gasteiger partial charge in [-0.15, -0.1) is 0 Å². The summed E-state index contributed by atoms with van der Waals surface area (Å²) >= 11 is 5.95. The zero-order valence-corrected chi connectivity index (χ0v) is 20.0. The molecule has 11 heteroatoms. The maximum Gasteiger partial charge on any atom is 0.432 e. The zero-order chi connectivity index (χ0) is 26.2. The monoisotopic (exact) mass is 526 g/mol. The smallest absolute Gasteiger partial charge is 0.432 e. The van der Waals surface area contributed by atoms with Crippen molar-refractivity contribution in [2.24, 2.45) is 0 Å². The Morgan fingerprint density at radius 3 is 2.49 bits per heavy atom. The Labute approximate surface area is 213 Å². The Balaban J connectivity index is 1.71. The number of hydrogen-bond donors (Lipinski definition) is 0. The Hall–Kier alpha value is -4.18. The number of benzene rings is 2. The van der Waals surface area contributed by atoms with E-state index >= 15 is 0 Å². The molecular formula is C26H18ClF3N4O3. The number of aromatic nitrogens is 4. The van der Waals surface area contributed by atoms with Gasteiger partial charge < -0.3 is 13.8 Å². The lowest BCUT2D eigenvalue weighted by molar-refractivity contribution is -0.143. The summed E-state index contributed by atoms with van der Waals surface area (Å²) in [6.45, 7) is 1.89. The molecule has 188 valence electrons. The molecule has 0 aliphatic heterocycles. The zero-order valence-electron chi connectivity index (χ0n) is 19.3. The predicted octanol–water partition coefficient (Wildman–Crippen LogP) is 6.44. The maximum atomic E-state index is 14.6. The summed E-state index contributed by atoms with van der Waals surface area (Å²) in [6.07, 6.45) is -1.89. The fourth-order valence-corrected chi connectivity index (χ4v) is 4.22. The number of pyridine rings is 1. The number of carbonyl (C=O) groups excluding carboxylic acids is 1. The van der Waals surface area contributed by atoms with Crippen molar-refractivity contribution < 1.29 is 27.2 Å². The summed E-state index contributed by atoms with van der Waals surface area (Å²) in [6, 6.07) is 14.1. The van der Waals surface area contributed by atoms with Gasteiger partial charge in [-0.05, 0) is 55.0 Å². The number of fused-ring (bicyclic) bond motifs is 1. The van der Waals surface area contributed by atoms with E-state index in [1.165, 1.54) is 24.5 Å². The lowest BCUT2D eigenvalue weighted by Gasteiger charge is -2.14. The number of nitrogens with zero attached hydrogens (tertiary/aromatic N) is 4. The van der Waals surface area contributed by atoms with E-state index in [1.54, 1.807) is 49.4 Å². The predicted molar refractivity (Wildman–Crippen MR) is 130 cm³/mol. The molecule has 0 aliphatic rings. The molecule has 2 aromatic carbocycles. The number of hydrogen-bond acceptors (Lipinski definition) is 6. The van der Waals surface area contributed by atoms with E-state index in [9.17, 15) is 18.0 Å². The van der Waals surface area contributed by atoms with Crippen molar-refractivity contribution >= 4 is 28.3 Å². The van der Waals surface area contributed by atoms with Crippen LogP contribution in [0.25, 0.3) is 22.3 Å². The lowest BCUT2D eigenvalue weighted by Crippen LogP contribution is -2.18. The molecule has 7 nitrogen and oxygen atoms in total. The number of alkyl halides is 3. The van der Waals surface area contributed by atoms with Crippen molar-refractivity contribution in [3.05, 3.63) is 94.7 Å². The molecule has 5 aromatic rings. The molecule has 37 heavy (non-hydrogen) atoms. The molecule has 0 bridgehead atoms. The molecule has 3 aromatic heterocycles. The van der Waals surface area contributed by atoms with Crippen molar-refractivity contribution in [3.8, 4) is 17.1 Å². The van der Waals surface area contributed by atoms with Gasteiger partial charge in [0.05, 0.1) is 12.2 Å². The molecule has 0 aliphatic carbocycles. The molecule has 0 N–H and O–H groups in total. The third kappa shape index (κ3) is 4.79. The van der Waals surface area contributed by atoms with E-state index < -0.39 is 29.1 Å². The minimum Gasteiger partial charge on any atom is -0.494 e. The van der Waals surface area contributed by atoms with Crippen LogP contribution in [0.4, 0.5) is 13.2 Å². The average molecular weight is 527 g/mol. The summed E-state index contributed by atoms with van der Waals surface area (Å²) in [7, 11) is 0. The maximum absolute atomic E-state index is 14.6. The largest absolute Gasteiger partial charge is 0.494 e. The van der Waals surface area contributed by atoms with Gasteiger partial charge in [-0.3, -0.25) is 9.78 Å². The highest BCUT2D eigenvalue weighted by molar-refractivity contribution is 6.30. The SMILES string of the molecule is CCOc1ccc2c(c1)c(C(=O)c1nc(-c3ccncc3)no1)c(C(F)(F)F)n2Cc1ccc(Cl)cc1. The van der Waals surface area contributed by atoms with Crippen LogP contribution in [0.1, 0.15) is 34.4 Å². The molecule has 5 rings (SSSR count). The first kappa shape index (κ1) is 24.5. The summed E-state index contributed by atoms with van der Waals surface area (Å²) in [5.41, 5.74) is -0.458. The van der Waals surface area contributed by atoms with Crippen LogP contribution in [0.5, 0.6) is 5.75 Å². The van der Waals surface area contributed by atoms with Gasteiger partial charge in [0.2, 0.25) is 5.82 Å². The third-order valence-electron chi connectivity index (χ3n) is 5.65. The second kappa shape index (κ2) is 9.70. The van der Waals surface area contributed by atoms with Crippen molar-refractivity contribution in [1.82, 2.24) is 19.7 Å². The third-order valence-corrected chi connectivity index (χ3v) is 5.91. The molecule has 0 fully saturated rings. The van der Waals surface area contributed by atoms with E-state index in [-0.39, 0.29) is 23.3 Å². The van der Waals surface area contributed by atoms with Crippen LogP contribution < -0.4 is 4.74 Å². The standard InChI is InChI=1S/C26H18ClF3N4O3/c1-2-36-18-7-8-20-19(13-18)21(22(35)25-32-24(33-37-25)16-9-11-31-12-10-16)23(26(28,29)30)34(20)14-15-3-5-17(27)6-4-15/h3-13H,2,14H2,1H3. The van der Waals surface area contributed by atoms with Gasteiger partial charge in [0.15, 0.2) is 0 Å². The Morgan fingerprint density at radius 2 is 1.81 bits per heavy atom. The molecule has 0 spiro atoms. The Bertz CT molecular complexity index is 1580. The topological polar surface area (TPSA) is 83.0 Å². The molecule has 0 saturated heterocycles. The van der Waals surface area contributed by atoms with E-state index in [1.807, 2.05) is 0 Å². The van der Waals surface area contributed by atoms with Crippen molar-refractivity contribution in [1.29, 1.82) is 0 Å². The first-order valence-corrected chi connectivity index (χ1v) is 11.5. The van der Waals surface area contributed by atoms with E-state index in [0.717, 1.165) is 4.57 Å². The summed E-state index contributed by atoms with van der Waals surface area (Å²) < 4.78 is 55.5. The van der Waals surface area contributed by atoms with Crippen molar-refractivity contribution in [3.63, 3.8) is 0 Å². The molecular weight excluding hydrogens is 509 g/mol. The molecule has 0 unspecified atom stereocenters. The van der Waals surface area contributed by atoms with Crippen LogP contribution in [-0.4, -0.2) is 32.1 Å². The Morgan fingerprint density at radius 1 is 1.08 bits per heavy atom. The molecule has 3 heterocycles.